The summed E-state index contributed by atoms with van der Waals surface area (Å²) >= 11 is 0. The Hall–Kier alpha value is -1.75. The first kappa shape index (κ1) is 12.7. The van der Waals surface area contributed by atoms with Crippen LogP contribution >= 0.6 is 0 Å². The molecule has 0 bridgehead atoms. The van der Waals surface area contributed by atoms with Crippen LogP contribution in [-0.2, 0) is 13.5 Å². The largest absolute Gasteiger partial charge is 0.337 e. The van der Waals surface area contributed by atoms with Gasteiger partial charge in [0.1, 0.15) is 5.82 Å². The van der Waals surface area contributed by atoms with Gasteiger partial charge in [-0.15, -0.1) is 0 Å². The minimum atomic E-state index is -0.822. The molecule has 0 aliphatic carbocycles. The predicted octanol–water partition coefficient (Wildman–Crippen LogP) is 2.20. The van der Waals surface area contributed by atoms with Crippen molar-refractivity contribution in [3.63, 3.8) is 0 Å². The minimum Gasteiger partial charge on any atom is -0.337 e. The first-order valence-corrected chi connectivity index (χ1v) is 5.70. The predicted molar refractivity (Wildman–Crippen MR) is 65.1 cm³/mol. The number of imidazole rings is 1. The first-order valence-electron chi connectivity index (χ1n) is 5.70. The topological polar surface area (TPSA) is 29.9 Å². The van der Waals surface area contributed by atoms with Crippen molar-refractivity contribution in [1.29, 1.82) is 0 Å². The fraction of sp³-hybridized carbons (Fsp3) is 0.308. The standard InChI is InChI=1S/C13H15F2N3/c1-16-12(13-17-5-6-18(13)2)8-9-3-4-10(14)11(15)7-9/h3-7,12,16H,8H2,1-2H3. The Bertz CT molecular complexity index is 537. The van der Waals surface area contributed by atoms with Crippen LogP contribution in [-0.4, -0.2) is 16.6 Å². The van der Waals surface area contributed by atoms with Gasteiger partial charge in [-0.05, 0) is 31.2 Å². The maximum atomic E-state index is 13.1. The SMILES string of the molecule is CNC(Cc1ccc(F)c(F)c1)c1nccn1C. The number of likely N-dealkylation sites (N-methyl/N-ethyl adjacent to an activating group) is 1. The molecule has 0 aliphatic rings. The maximum absolute atomic E-state index is 13.1. The van der Waals surface area contributed by atoms with E-state index in [0.717, 1.165) is 17.5 Å². The smallest absolute Gasteiger partial charge is 0.159 e. The van der Waals surface area contributed by atoms with Gasteiger partial charge in [0.25, 0.3) is 0 Å². The molecule has 1 atom stereocenters. The summed E-state index contributed by atoms with van der Waals surface area (Å²) in [5, 5.41) is 3.13. The van der Waals surface area contributed by atoms with Crippen molar-refractivity contribution in [1.82, 2.24) is 14.9 Å². The third-order valence-corrected chi connectivity index (χ3v) is 2.94. The molecule has 1 heterocycles. The van der Waals surface area contributed by atoms with Crippen LogP contribution in [0.15, 0.2) is 30.6 Å². The zero-order valence-electron chi connectivity index (χ0n) is 10.3. The molecule has 0 spiro atoms. The maximum Gasteiger partial charge on any atom is 0.159 e. The molecule has 0 radical (unpaired) electrons. The number of aromatic nitrogens is 2. The lowest BCUT2D eigenvalue weighted by molar-refractivity contribution is 0.501. The molecular formula is C13H15F2N3. The van der Waals surface area contributed by atoms with E-state index < -0.39 is 11.6 Å². The number of halogens is 2. The Kier molecular flexibility index (Phi) is 3.72. The summed E-state index contributed by atoms with van der Waals surface area (Å²) in [6.07, 6.45) is 4.12. The van der Waals surface area contributed by atoms with Crippen molar-refractivity contribution in [2.75, 3.05) is 7.05 Å². The van der Waals surface area contributed by atoms with E-state index in [0.29, 0.717) is 6.42 Å². The average molecular weight is 251 g/mol. The highest BCUT2D eigenvalue weighted by molar-refractivity contribution is 5.20. The molecular weight excluding hydrogens is 236 g/mol. The van der Waals surface area contributed by atoms with Gasteiger partial charge in [0.15, 0.2) is 11.6 Å². The molecule has 1 unspecified atom stereocenters. The molecule has 5 heteroatoms. The molecule has 1 N–H and O–H groups in total. The summed E-state index contributed by atoms with van der Waals surface area (Å²) in [4.78, 5) is 4.26. The van der Waals surface area contributed by atoms with Crippen LogP contribution in [0.2, 0.25) is 0 Å². The molecule has 0 aliphatic heterocycles. The number of hydrogen-bond acceptors (Lipinski definition) is 2. The Balaban J connectivity index is 2.20. The molecule has 0 saturated carbocycles. The lowest BCUT2D eigenvalue weighted by Crippen LogP contribution is -2.22. The normalized spacial score (nSPS) is 12.7. The van der Waals surface area contributed by atoms with Gasteiger partial charge in [0, 0.05) is 19.4 Å². The molecule has 2 aromatic rings. The molecule has 0 amide bonds. The van der Waals surface area contributed by atoms with Gasteiger partial charge in [-0.2, -0.15) is 0 Å². The summed E-state index contributed by atoms with van der Waals surface area (Å²) < 4.78 is 27.9. The highest BCUT2D eigenvalue weighted by atomic mass is 19.2. The Morgan fingerprint density at radius 1 is 1.33 bits per heavy atom. The van der Waals surface area contributed by atoms with Crippen molar-refractivity contribution in [3.8, 4) is 0 Å². The van der Waals surface area contributed by atoms with Crippen LogP contribution in [0.25, 0.3) is 0 Å². The second-order valence-electron chi connectivity index (χ2n) is 4.19. The quantitative estimate of drug-likeness (QED) is 0.902. The van der Waals surface area contributed by atoms with E-state index in [1.54, 1.807) is 12.3 Å². The van der Waals surface area contributed by atoms with Gasteiger partial charge in [-0.1, -0.05) is 6.07 Å². The monoisotopic (exact) mass is 251 g/mol. The van der Waals surface area contributed by atoms with Crippen LogP contribution < -0.4 is 5.32 Å². The van der Waals surface area contributed by atoms with Crippen molar-refractivity contribution in [2.45, 2.75) is 12.5 Å². The Morgan fingerprint density at radius 3 is 2.67 bits per heavy atom. The van der Waals surface area contributed by atoms with E-state index in [2.05, 4.69) is 10.3 Å². The molecule has 18 heavy (non-hydrogen) atoms. The molecule has 1 aromatic carbocycles. The molecule has 1 aromatic heterocycles. The van der Waals surface area contributed by atoms with Gasteiger partial charge in [0.2, 0.25) is 0 Å². The van der Waals surface area contributed by atoms with Gasteiger partial charge in [0.05, 0.1) is 6.04 Å². The van der Waals surface area contributed by atoms with Crippen LogP contribution in [0.1, 0.15) is 17.4 Å². The zero-order chi connectivity index (χ0) is 13.1. The second kappa shape index (κ2) is 5.27. The lowest BCUT2D eigenvalue weighted by Gasteiger charge is -2.16. The second-order valence-corrected chi connectivity index (χ2v) is 4.19. The summed E-state index contributed by atoms with van der Waals surface area (Å²) in [6, 6.07) is 3.93. The number of hydrogen-bond donors (Lipinski definition) is 1. The lowest BCUT2D eigenvalue weighted by atomic mass is 10.1. The number of benzene rings is 1. The Morgan fingerprint density at radius 2 is 2.11 bits per heavy atom. The van der Waals surface area contributed by atoms with Crippen molar-refractivity contribution in [2.24, 2.45) is 7.05 Å². The number of nitrogens with zero attached hydrogens (tertiary/aromatic N) is 2. The van der Waals surface area contributed by atoms with Crippen LogP contribution in [0.5, 0.6) is 0 Å². The third kappa shape index (κ3) is 2.56. The number of nitrogens with one attached hydrogen (secondary N) is 1. The van der Waals surface area contributed by atoms with Crippen LogP contribution in [0.3, 0.4) is 0 Å². The molecule has 0 saturated heterocycles. The zero-order valence-corrected chi connectivity index (χ0v) is 10.3. The van der Waals surface area contributed by atoms with Gasteiger partial charge in [-0.25, -0.2) is 13.8 Å². The summed E-state index contributed by atoms with van der Waals surface area (Å²) in [5.74, 6) is -0.777. The van der Waals surface area contributed by atoms with E-state index in [-0.39, 0.29) is 6.04 Å². The van der Waals surface area contributed by atoms with E-state index in [1.165, 1.54) is 6.07 Å². The highest BCUT2D eigenvalue weighted by Crippen LogP contribution is 2.17. The summed E-state index contributed by atoms with van der Waals surface area (Å²) in [5.41, 5.74) is 0.733. The number of aryl methyl sites for hydroxylation is 1. The van der Waals surface area contributed by atoms with Crippen LogP contribution in [0, 0.1) is 11.6 Å². The van der Waals surface area contributed by atoms with Crippen molar-refractivity contribution in [3.05, 3.63) is 53.6 Å². The average Bonchev–Trinajstić information content (AvgIpc) is 2.77. The van der Waals surface area contributed by atoms with E-state index >= 15 is 0 Å². The fourth-order valence-electron chi connectivity index (χ4n) is 1.94. The molecule has 2 rings (SSSR count). The first-order chi connectivity index (χ1) is 8.61. The fourth-order valence-corrected chi connectivity index (χ4v) is 1.94. The van der Waals surface area contributed by atoms with Gasteiger partial charge >= 0.3 is 0 Å². The van der Waals surface area contributed by atoms with Gasteiger partial charge in [-0.3, -0.25) is 0 Å². The molecule has 3 nitrogen and oxygen atoms in total. The summed E-state index contributed by atoms with van der Waals surface area (Å²) in [6.45, 7) is 0. The minimum absolute atomic E-state index is 0.0325. The van der Waals surface area contributed by atoms with Gasteiger partial charge < -0.3 is 9.88 Å². The Labute approximate surface area is 104 Å². The van der Waals surface area contributed by atoms with E-state index in [4.69, 9.17) is 0 Å². The van der Waals surface area contributed by atoms with Crippen LogP contribution in [0.4, 0.5) is 8.78 Å². The highest BCUT2D eigenvalue weighted by Gasteiger charge is 2.15. The third-order valence-electron chi connectivity index (χ3n) is 2.94. The molecule has 96 valence electrons. The van der Waals surface area contributed by atoms with Crippen molar-refractivity contribution < 1.29 is 8.78 Å². The van der Waals surface area contributed by atoms with E-state index in [1.807, 2.05) is 24.9 Å². The summed E-state index contributed by atoms with van der Waals surface area (Å²) in [7, 11) is 3.72. The molecule has 0 fully saturated rings. The number of rotatable bonds is 4. The van der Waals surface area contributed by atoms with Crippen molar-refractivity contribution >= 4 is 0 Å². The van der Waals surface area contributed by atoms with E-state index in [9.17, 15) is 8.78 Å².